The number of benzene rings is 3. The van der Waals surface area contributed by atoms with Gasteiger partial charge in [0.1, 0.15) is 23.7 Å². The molecule has 192 valence electrons. The SMILES string of the molecule is O=C(Cc1ccccc1)NC1C(=O)N2C(C(=O)OCc3ccc([N+](=O)[O-])cc3)=C(c3ccccc3)CS[C@@H]12. The van der Waals surface area contributed by atoms with Gasteiger partial charge in [0.2, 0.25) is 5.91 Å². The molecule has 1 N–H and O–H groups in total. The van der Waals surface area contributed by atoms with Gasteiger partial charge in [-0.05, 0) is 28.8 Å². The van der Waals surface area contributed by atoms with Gasteiger partial charge in [-0.1, -0.05) is 60.7 Å². The van der Waals surface area contributed by atoms with E-state index in [0.717, 1.165) is 11.1 Å². The molecule has 0 bridgehead atoms. The highest BCUT2D eigenvalue weighted by Crippen LogP contribution is 2.43. The van der Waals surface area contributed by atoms with Crippen molar-refractivity contribution in [2.45, 2.75) is 24.4 Å². The highest BCUT2D eigenvalue weighted by Gasteiger charge is 2.54. The Morgan fingerprint density at radius 2 is 1.63 bits per heavy atom. The molecule has 3 aromatic carbocycles. The largest absolute Gasteiger partial charge is 0.456 e. The molecule has 2 amide bonds. The van der Waals surface area contributed by atoms with Gasteiger partial charge in [0.15, 0.2) is 0 Å². The van der Waals surface area contributed by atoms with E-state index >= 15 is 0 Å². The molecule has 0 aromatic heterocycles. The summed E-state index contributed by atoms with van der Waals surface area (Å²) in [5.41, 5.74) is 2.97. The molecule has 0 spiro atoms. The van der Waals surface area contributed by atoms with Gasteiger partial charge >= 0.3 is 5.97 Å². The molecule has 2 aliphatic heterocycles. The molecule has 2 heterocycles. The molecule has 3 aromatic rings. The third-order valence-electron chi connectivity index (χ3n) is 6.32. The van der Waals surface area contributed by atoms with E-state index in [-0.39, 0.29) is 36.2 Å². The first kappa shape index (κ1) is 25.2. The van der Waals surface area contributed by atoms with Crippen molar-refractivity contribution in [1.82, 2.24) is 10.2 Å². The number of fused-ring (bicyclic) bond motifs is 1. The van der Waals surface area contributed by atoms with Crippen LogP contribution in [-0.2, 0) is 32.1 Å². The zero-order valence-electron chi connectivity index (χ0n) is 20.1. The summed E-state index contributed by atoms with van der Waals surface area (Å²) in [6, 6.07) is 23.5. The Balaban J connectivity index is 1.34. The lowest BCUT2D eigenvalue weighted by atomic mass is 9.98. The van der Waals surface area contributed by atoms with E-state index in [1.165, 1.54) is 40.9 Å². The Kier molecular flexibility index (Phi) is 7.23. The Hall–Kier alpha value is -4.44. The van der Waals surface area contributed by atoms with Crippen molar-refractivity contribution in [3.8, 4) is 0 Å². The smallest absolute Gasteiger partial charge is 0.355 e. The van der Waals surface area contributed by atoms with Crippen LogP contribution in [0.2, 0.25) is 0 Å². The minimum atomic E-state index is -0.744. The predicted molar refractivity (Wildman–Crippen MR) is 141 cm³/mol. The third kappa shape index (κ3) is 5.16. The number of carbonyl (C=O) groups excluding carboxylic acids is 3. The Labute approximate surface area is 222 Å². The number of amides is 2. The van der Waals surface area contributed by atoms with E-state index in [1.807, 2.05) is 60.7 Å². The lowest BCUT2D eigenvalue weighted by Gasteiger charge is -2.49. The number of thioether (sulfide) groups is 1. The van der Waals surface area contributed by atoms with Crippen LogP contribution in [-0.4, -0.2) is 44.8 Å². The first-order valence-corrected chi connectivity index (χ1v) is 12.9. The van der Waals surface area contributed by atoms with Crippen LogP contribution in [0.3, 0.4) is 0 Å². The summed E-state index contributed by atoms with van der Waals surface area (Å²) in [7, 11) is 0. The van der Waals surface area contributed by atoms with Crippen molar-refractivity contribution in [3.63, 3.8) is 0 Å². The van der Waals surface area contributed by atoms with E-state index < -0.39 is 22.3 Å². The number of rotatable bonds is 8. The van der Waals surface area contributed by atoms with Crippen LogP contribution in [0.4, 0.5) is 5.69 Å². The summed E-state index contributed by atoms with van der Waals surface area (Å²) in [6.45, 7) is -0.112. The molecule has 38 heavy (non-hydrogen) atoms. The number of nitro groups is 1. The molecular weight excluding hydrogens is 506 g/mol. The molecule has 1 fully saturated rings. The van der Waals surface area contributed by atoms with E-state index in [9.17, 15) is 24.5 Å². The van der Waals surface area contributed by atoms with Gasteiger partial charge in [0.05, 0.1) is 11.3 Å². The second-order valence-electron chi connectivity index (χ2n) is 8.81. The van der Waals surface area contributed by atoms with Crippen molar-refractivity contribution >= 4 is 40.8 Å². The fourth-order valence-corrected chi connectivity index (χ4v) is 5.78. The van der Waals surface area contributed by atoms with Crippen molar-refractivity contribution < 1.29 is 24.0 Å². The number of carbonyl (C=O) groups is 3. The summed E-state index contributed by atoms with van der Waals surface area (Å²) < 4.78 is 5.56. The van der Waals surface area contributed by atoms with Crippen LogP contribution < -0.4 is 5.32 Å². The van der Waals surface area contributed by atoms with Crippen LogP contribution in [0.1, 0.15) is 16.7 Å². The van der Waals surface area contributed by atoms with Crippen molar-refractivity contribution in [2.24, 2.45) is 0 Å². The maximum absolute atomic E-state index is 13.4. The maximum atomic E-state index is 13.4. The number of ether oxygens (including phenoxy) is 1. The van der Waals surface area contributed by atoms with Gasteiger partial charge in [-0.25, -0.2) is 4.79 Å². The molecule has 0 saturated carbocycles. The Morgan fingerprint density at radius 1 is 0.974 bits per heavy atom. The van der Waals surface area contributed by atoms with Crippen LogP contribution in [0.25, 0.3) is 5.57 Å². The summed E-state index contributed by atoms with van der Waals surface area (Å²) in [5.74, 6) is -0.866. The molecule has 9 nitrogen and oxygen atoms in total. The fraction of sp³-hybridized carbons (Fsp3) is 0.179. The zero-order chi connectivity index (χ0) is 26.6. The van der Waals surface area contributed by atoms with Gasteiger partial charge in [-0.15, -0.1) is 11.8 Å². The molecule has 1 saturated heterocycles. The normalized spacial score (nSPS) is 18.3. The summed E-state index contributed by atoms with van der Waals surface area (Å²) in [6.07, 6.45) is 0.150. The molecule has 5 rings (SSSR count). The zero-order valence-corrected chi connectivity index (χ0v) is 20.9. The number of nitro benzene ring substituents is 1. The molecule has 2 aliphatic rings. The monoisotopic (exact) mass is 529 g/mol. The van der Waals surface area contributed by atoms with Crippen molar-refractivity contribution in [2.75, 3.05) is 5.75 Å². The van der Waals surface area contributed by atoms with Gasteiger partial charge < -0.3 is 10.1 Å². The molecule has 1 unspecified atom stereocenters. The van der Waals surface area contributed by atoms with E-state index in [0.29, 0.717) is 16.9 Å². The maximum Gasteiger partial charge on any atom is 0.355 e. The second kappa shape index (κ2) is 10.9. The minimum Gasteiger partial charge on any atom is -0.456 e. The lowest BCUT2D eigenvalue weighted by molar-refractivity contribution is -0.384. The Morgan fingerprint density at radius 3 is 2.29 bits per heavy atom. The predicted octanol–water partition coefficient (Wildman–Crippen LogP) is 3.69. The lowest BCUT2D eigenvalue weighted by Crippen LogP contribution is -2.70. The number of hydrogen-bond donors (Lipinski definition) is 1. The van der Waals surface area contributed by atoms with E-state index in [4.69, 9.17) is 4.74 Å². The van der Waals surface area contributed by atoms with Gasteiger partial charge in [0.25, 0.3) is 11.6 Å². The van der Waals surface area contributed by atoms with E-state index in [1.54, 1.807) is 0 Å². The number of β-lactam (4-membered cyclic amide) rings is 1. The molecule has 10 heteroatoms. The number of non-ortho nitro benzene ring substituents is 1. The first-order chi connectivity index (χ1) is 18.4. The number of esters is 1. The average molecular weight is 530 g/mol. The molecule has 2 atom stereocenters. The third-order valence-corrected chi connectivity index (χ3v) is 7.60. The summed E-state index contributed by atoms with van der Waals surface area (Å²) in [5, 5.41) is 13.3. The van der Waals surface area contributed by atoms with Gasteiger partial charge in [0, 0.05) is 23.5 Å². The fourth-order valence-electron chi connectivity index (χ4n) is 4.41. The van der Waals surface area contributed by atoms with Crippen molar-refractivity contribution in [1.29, 1.82) is 0 Å². The van der Waals surface area contributed by atoms with Gasteiger partial charge in [-0.2, -0.15) is 0 Å². The van der Waals surface area contributed by atoms with E-state index in [2.05, 4.69) is 5.32 Å². The van der Waals surface area contributed by atoms with Crippen molar-refractivity contribution in [3.05, 3.63) is 117 Å². The second-order valence-corrected chi connectivity index (χ2v) is 9.92. The summed E-state index contributed by atoms with van der Waals surface area (Å²) in [4.78, 5) is 51.0. The van der Waals surface area contributed by atoms with Crippen LogP contribution in [0.15, 0.2) is 90.6 Å². The number of nitrogens with one attached hydrogen (secondary N) is 1. The highest BCUT2D eigenvalue weighted by molar-refractivity contribution is 8.00. The topological polar surface area (TPSA) is 119 Å². The summed E-state index contributed by atoms with van der Waals surface area (Å²) >= 11 is 1.48. The average Bonchev–Trinajstić information content (AvgIpc) is 2.95. The number of hydrogen-bond acceptors (Lipinski definition) is 7. The molecule has 0 aliphatic carbocycles. The molecular formula is C28H23N3O6S. The number of nitrogens with zero attached hydrogens (tertiary/aromatic N) is 2. The highest BCUT2D eigenvalue weighted by atomic mass is 32.2. The van der Waals surface area contributed by atoms with Gasteiger partial charge in [-0.3, -0.25) is 24.6 Å². The molecule has 0 radical (unpaired) electrons. The van der Waals surface area contributed by atoms with Crippen LogP contribution >= 0.6 is 11.8 Å². The standard InChI is InChI=1S/C28H23N3O6S/c32-23(15-18-7-3-1-4-8-18)29-24-26(33)30-25(22(17-38-27(24)30)20-9-5-2-6-10-20)28(34)37-16-19-11-13-21(14-12-19)31(35)36/h1-14,24,27H,15-17H2,(H,29,32)/t24?,27-/m0/s1. The Bertz CT molecular complexity index is 1410. The minimum absolute atomic E-state index is 0.0622. The first-order valence-electron chi connectivity index (χ1n) is 11.9. The van der Waals surface area contributed by atoms with Crippen LogP contribution in [0.5, 0.6) is 0 Å². The van der Waals surface area contributed by atoms with Crippen LogP contribution in [0, 0.1) is 10.1 Å². The quantitative estimate of drug-likeness (QED) is 0.205.